The number of thiophene rings is 1. The number of para-hydroxylation sites is 2. The first kappa shape index (κ1) is 13.7. The average Bonchev–Trinajstić information content (AvgIpc) is 3.01. The van der Waals surface area contributed by atoms with Gasteiger partial charge in [0, 0.05) is 10.9 Å². The van der Waals surface area contributed by atoms with Gasteiger partial charge in [-0.05, 0) is 43.0 Å². The van der Waals surface area contributed by atoms with Crippen LogP contribution in [0.1, 0.15) is 22.6 Å². The molecule has 104 valence electrons. The number of imidazole rings is 1. The summed E-state index contributed by atoms with van der Waals surface area (Å²) in [5.74, 6) is 0. The largest absolute Gasteiger partial charge is 0.333 e. The summed E-state index contributed by atoms with van der Waals surface area (Å²) in [5, 5.41) is 3.29. The molecule has 0 aliphatic carbocycles. The summed E-state index contributed by atoms with van der Waals surface area (Å²) in [6.07, 6.45) is 0. The summed E-state index contributed by atoms with van der Waals surface area (Å²) < 4.78 is 0. The molecule has 2 heterocycles. The molecule has 3 rings (SSSR count). The third-order valence-corrected chi connectivity index (χ3v) is 5.83. The van der Waals surface area contributed by atoms with Gasteiger partial charge in [-0.2, -0.15) is 0 Å². The summed E-state index contributed by atoms with van der Waals surface area (Å²) in [6.45, 7) is 4.19. The van der Waals surface area contributed by atoms with Crippen molar-refractivity contribution in [3.63, 3.8) is 0 Å². The van der Waals surface area contributed by atoms with E-state index in [9.17, 15) is 0 Å². The van der Waals surface area contributed by atoms with Gasteiger partial charge in [-0.1, -0.05) is 23.9 Å². The molecule has 0 aliphatic heterocycles. The fourth-order valence-electron chi connectivity index (χ4n) is 2.18. The van der Waals surface area contributed by atoms with Crippen LogP contribution in [0.5, 0.6) is 0 Å². The Balaban J connectivity index is 1.92. The zero-order valence-electron chi connectivity index (χ0n) is 11.5. The Morgan fingerprint density at radius 1 is 1.30 bits per heavy atom. The van der Waals surface area contributed by atoms with Gasteiger partial charge in [-0.25, -0.2) is 4.98 Å². The topological polar surface area (TPSA) is 54.7 Å². The molecule has 0 spiro atoms. The lowest BCUT2D eigenvalue weighted by atomic mass is 10.1. The predicted octanol–water partition coefficient (Wildman–Crippen LogP) is 4.11. The van der Waals surface area contributed by atoms with E-state index in [0.29, 0.717) is 0 Å². The number of H-pyrrole nitrogens is 1. The van der Waals surface area contributed by atoms with E-state index in [1.165, 1.54) is 10.4 Å². The molecule has 2 atom stereocenters. The maximum absolute atomic E-state index is 6.18. The molecule has 2 aromatic heterocycles. The average molecular weight is 303 g/mol. The number of hydrogen-bond acceptors (Lipinski definition) is 4. The summed E-state index contributed by atoms with van der Waals surface area (Å²) in [5.41, 5.74) is 9.56. The first-order valence-electron chi connectivity index (χ1n) is 6.56. The van der Waals surface area contributed by atoms with E-state index in [2.05, 4.69) is 35.3 Å². The van der Waals surface area contributed by atoms with Crippen LogP contribution in [0.2, 0.25) is 0 Å². The number of aryl methyl sites for hydroxylation is 1. The number of aromatic nitrogens is 2. The molecule has 2 unspecified atom stereocenters. The van der Waals surface area contributed by atoms with Crippen molar-refractivity contribution >= 4 is 34.1 Å². The highest BCUT2D eigenvalue weighted by molar-refractivity contribution is 7.99. The SMILES string of the molecule is Cc1ccsc1C(Sc1nc2ccccc2[nH]1)C(C)N. The Bertz CT molecular complexity index is 682. The van der Waals surface area contributed by atoms with Gasteiger partial charge in [0.25, 0.3) is 0 Å². The molecule has 3 nitrogen and oxygen atoms in total. The Morgan fingerprint density at radius 3 is 2.75 bits per heavy atom. The van der Waals surface area contributed by atoms with E-state index >= 15 is 0 Å². The molecule has 0 saturated heterocycles. The van der Waals surface area contributed by atoms with E-state index in [1.807, 2.05) is 24.3 Å². The number of fused-ring (bicyclic) bond motifs is 1. The smallest absolute Gasteiger partial charge is 0.167 e. The molecule has 0 fully saturated rings. The Kier molecular flexibility index (Phi) is 3.83. The number of nitrogens with two attached hydrogens (primary N) is 1. The molecule has 3 N–H and O–H groups in total. The maximum Gasteiger partial charge on any atom is 0.167 e. The Hall–Kier alpha value is -1.30. The molecule has 0 radical (unpaired) electrons. The van der Waals surface area contributed by atoms with Crippen LogP contribution in [0, 0.1) is 6.92 Å². The Labute approximate surface area is 126 Å². The predicted molar refractivity (Wildman–Crippen MR) is 87.4 cm³/mol. The Morgan fingerprint density at radius 2 is 2.10 bits per heavy atom. The van der Waals surface area contributed by atoms with Gasteiger partial charge in [0.1, 0.15) is 0 Å². The number of nitrogens with zero attached hydrogens (tertiary/aromatic N) is 1. The minimum absolute atomic E-state index is 0.0746. The van der Waals surface area contributed by atoms with Gasteiger partial charge in [-0.3, -0.25) is 0 Å². The molecule has 5 heteroatoms. The van der Waals surface area contributed by atoms with Crippen molar-refractivity contribution < 1.29 is 0 Å². The standard InChI is InChI=1S/C15H17N3S2/c1-9-7-8-19-13(9)14(10(2)16)20-15-17-11-5-3-4-6-12(11)18-15/h3-8,10,14H,16H2,1-2H3,(H,17,18). The fourth-order valence-corrected chi connectivity index (χ4v) is 4.58. The second kappa shape index (κ2) is 5.60. The summed E-state index contributed by atoms with van der Waals surface area (Å²) >= 11 is 3.48. The number of benzene rings is 1. The second-order valence-corrected chi connectivity index (χ2v) is 7.00. The molecule has 1 aromatic carbocycles. The molecule has 0 aliphatic rings. The van der Waals surface area contributed by atoms with E-state index in [4.69, 9.17) is 5.73 Å². The van der Waals surface area contributed by atoms with Gasteiger partial charge in [0.05, 0.1) is 16.3 Å². The van der Waals surface area contributed by atoms with E-state index < -0.39 is 0 Å². The lowest BCUT2D eigenvalue weighted by Gasteiger charge is -2.18. The highest BCUT2D eigenvalue weighted by Gasteiger charge is 2.22. The molecule has 20 heavy (non-hydrogen) atoms. The number of nitrogens with one attached hydrogen (secondary N) is 1. The van der Waals surface area contributed by atoms with Crippen molar-refractivity contribution in [1.29, 1.82) is 0 Å². The lowest BCUT2D eigenvalue weighted by Crippen LogP contribution is -2.22. The maximum atomic E-state index is 6.18. The zero-order chi connectivity index (χ0) is 14.1. The highest BCUT2D eigenvalue weighted by Crippen LogP contribution is 2.40. The minimum atomic E-state index is 0.0746. The highest BCUT2D eigenvalue weighted by atomic mass is 32.2. The fraction of sp³-hybridized carbons (Fsp3) is 0.267. The quantitative estimate of drug-likeness (QED) is 0.713. The van der Waals surface area contributed by atoms with Gasteiger partial charge in [0.2, 0.25) is 0 Å². The van der Waals surface area contributed by atoms with Crippen molar-refractivity contribution in [3.05, 3.63) is 46.2 Å². The van der Waals surface area contributed by atoms with Crippen LogP contribution >= 0.6 is 23.1 Å². The lowest BCUT2D eigenvalue weighted by molar-refractivity contribution is 0.725. The third kappa shape index (κ3) is 2.61. The van der Waals surface area contributed by atoms with Crippen LogP contribution in [0.15, 0.2) is 40.9 Å². The summed E-state index contributed by atoms with van der Waals surface area (Å²) in [6, 6.07) is 10.3. The summed E-state index contributed by atoms with van der Waals surface area (Å²) in [7, 11) is 0. The molecule has 0 bridgehead atoms. The van der Waals surface area contributed by atoms with Gasteiger partial charge < -0.3 is 10.7 Å². The van der Waals surface area contributed by atoms with Crippen LogP contribution < -0.4 is 5.73 Å². The molecule has 0 amide bonds. The van der Waals surface area contributed by atoms with Crippen LogP contribution in [-0.4, -0.2) is 16.0 Å². The van der Waals surface area contributed by atoms with Crippen molar-refractivity contribution in [3.8, 4) is 0 Å². The number of hydrogen-bond donors (Lipinski definition) is 2. The summed E-state index contributed by atoms with van der Waals surface area (Å²) in [4.78, 5) is 9.33. The van der Waals surface area contributed by atoms with Gasteiger partial charge in [0.15, 0.2) is 5.16 Å². The minimum Gasteiger partial charge on any atom is -0.333 e. The molecule has 0 saturated carbocycles. The number of thioether (sulfide) groups is 1. The van der Waals surface area contributed by atoms with Crippen LogP contribution in [0.25, 0.3) is 11.0 Å². The van der Waals surface area contributed by atoms with Crippen LogP contribution in [-0.2, 0) is 0 Å². The monoisotopic (exact) mass is 303 g/mol. The van der Waals surface area contributed by atoms with Crippen molar-refractivity contribution in [2.45, 2.75) is 30.3 Å². The third-order valence-electron chi connectivity index (χ3n) is 3.24. The van der Waals surface area contributed by atoms with E-state index in [-0.39, 0.29) is 11.3 Å². The van der Waals surface area contributed by atoms with Crippen molar-refractivity contribution in [2.75, 3.05) is 0 Å². The van der Waals surface area contributed by atoms with Crippen molar-refractivity contribution in [1.82, 2.24) is 9.97 Å². The van der Waals surface area contributed by atoms with E-state index in [0.717, 1.165) is 16.2 Å². The van der Waals surface area contributed by atoms with E-state index in [1.54, 1.807) is 23.1 Å². The first-order valence-corrected chi connectivity index (χ1v) is 8.32. The normalized spacial score (nSPS) is 14.6. The van der Waals surface area contributed by atoms with Crippen molar-refractivity contribution in [2.24, 2.45) is 5.73 Å². The van der Waals surface area contributed by atoms with Gasteiger partial charge in [-0.15, -0.1) is 11.3 Å². The molecule has 3 aromatic rings. The van der Waals surface area contributed by atoms with Crippen LogP contribution in [0.4, 0.5) is 0 Å². The first-order chi connectivity index (χ1) is 9.65. The number of rotatable bonds is 4. The van der Waals surface area contributed by atoms with Gasteiger partial charge >= 0.3 is 0 Å². The molecular weight excluding hydrogens is 286 g/mol. The molecular formula is C15H17N3S2. The second-order valence-electron chi connectivity index (χ2n) is 4.92. The zero-order valence-corrected chi connectivity index (χ0v) is 13.1. The number of aromatic amines is 1. The van der Waals surface area contributed by atoms with Crippen LogP contribution in [0.3, 0.4) is 0 Å².